The molecule has 1 aliphatic heterocycles. The minimum absolute atomic E-state index is 0.182. The minimum atomic E-state index is -0.182. The highest BCUT2D eigenvalue weighted by atomic mass is 16.5. The summed E-state index contributed by atoms with van der Waals surface area (Å²) in [6, 6.07) is 8.23. The lowest BCUT2D eigenvalue weighted by Crippen LogP contribution is -2.48. The molecule has 1 N–H and O–H groups in total. The summed E-state index contributed by atoms with van der Waals surface area (Å²) in [4.78, 5) is 20.4. The summed E-state index contributed by atoms with van der Waals surface area (Å²) in [7, 11) is 1.43. The third kappa shape index (κ3) is 4.95. The van der Waals surface area contributed by atoms with E-state index in [4.69, 9.17) is 4.74 Å². The SMILES string of the molecule is CCc1nnc(Nc2ccc(N3CCN(CC(=O)OC)CC3)cc2)nc1CC. The molecule has 1 aromatic carbocycles. The number of rotatable bonds is 7. The largest absolute Gasteiger partial charge is 0.468 e. The smallest absolute Gasteiger partial charge is 0.319 e. The molecule has 0 saturated carbocycles. The highest BCUT2D eigenvalue weighted by Crippen LogP contribution is 2.21. The molecule has 2 heterocycles. The fourth-order valence-corrected chi connectivity index (χ4v) is 3.29. The van der Waals surface area contributed by atoms with E-state index < -0.39 is 0 Å². The van der Waals surface area contributed by atoms with Gasteiger partial charge in [0, 0.05) is 37.6 Å². The first-order valence-electron chi connectivity index (χ1n) is 9.76. The monoisotopic (exact) mass is 384 g/mol. The van der Waals surface area contributed by atoms with Crippen molar-refractivity contribution in [2.24, 2.45) is 0 Å². The Labute approximate surface area is 165 Å². The van der Waals surface area contributed by atoms with Crippen LogP contribution in [0, 0.1) is 0 Å². The number of anilines is 3. The number of ether oxygens (including phenoxy) is 1. The number of aryl methyl sites for hydroxylation is 2. The molecule has 1 aromatic heterocycles. The van der Waals surface area contributed by atoms with Crippen molar-refractivity contribution in [2.75, 3.05) is 50.1 Å². The number of methoxy groups -OCH3 is 1. The van der Waals surface area contributed by atoms with Crippen LogP contribution < -0.4 is 10.2 Å². The van der Waals surface area contributed by atoms with Crippen LogP contribution in [0.2, 0.25) is 0 Å². The van der Waals surface area contributed by atoms with Gasteiger partial charge >= 0.3 is 5.97 Å². The number of carbonyl (C=O) groups excluding carboxylic acids is 1. The van der Waals surface area contributed by atoms with E-state index in [1.54, 1.807) is 0 Å². The van der Waals surface area contributed by atoms with Crippen molar-refractivity contribution in [3.63, 3.8) is 0 Å². The summed E-state index contributed by atoms with van der Waals surface area (Å²) < 4.78 is 4.74. The summed E-state index contributed by atoms with van der Waals surface area (Å²) >= 11 is 0. The van der Waals surface area contributed by atoms with E-state index in [-0.39, 0.29) is 5.97 Å². The standard InChI is InChI=1S/C20H28N6O2/c1-4-17-18(5-2)23-24-20(22-17)21-15-6-8-16(9-7-15)26-12-10-25(11-13-26)14-19(27)28-3/h6-9H,4-5,10-14H2,1-3H3,(H,21,22,24). The van der Waals surface area contributed by atoms with Crippen LogP contribution in [0.1, 0.15) is 25.2 Å². The molecule has 0 unspecified atom stereocenters. The van der Waals surface area contributed by atoms with Crippen LogP contribution in [0.5, 0.6) is 0 Å². The van der Waals surface area contributed by atoms with Gasteiger partial charge in [0.1, 0.15) is 0 Å². The van der Waals surface area contributed by atoms with Gasteiger partial charge in [-0.3, -0.25) is 9.69 Å². The Bertz CT molecular complexity index is 788. The molecular weight excluding hydrogens is 356 g/mol. The second-order valence-electron chi connectivity index (χ2n) is 6.75. The van der Waals surface area contributed by atoms with Crippen molar-refractivity contribution >= 4 is 23.3 Å². The summed E-state index contributed by atoms with van der Waals surface area (Å²) in [5.74, 6) is 0.344. The lowest BCUT2D eigenvalue weighted by atomic mass is 10.2. The summed E-state index contributed by atoms with van der Waals surface area (Å²) in [5.41, 5.74) is 4.04. The maximum atomic E-state index is 11.4. The molecular formula is C20H28N6O2. The Morgan fingerprint density at radius 3 is 2.32 bits per heavy atom. The van der Waals surface area contributed by atoms with E-state index in [0.717, 1.165) is 61.8 Å². The van der Waals surface area contributed by atoms with E-state index in [1.165, 1.54) is 7.11 Å². The van der Waals surface area contributed by atoms with Gasteiger partial charge in [-0.1, -0.05) is 13.8 Å². The lowest BCUT2D eigenvalue weighted by Gasteiger charge is -2.35. The number of hydrogen-bond donors (Lipinski definition) is 1. The van der Waals surface area contributed by atoms with E-state index >= 15 is 0 Å². The fraction of sp³-hybridized carbons (Fsp3) is 0.500. The first-order valence-corrected chi connectivity index (χ1v) is 9.76. The zero-order valence-electron chi connectivity index (χ0n) is 16.8. The quantitative estimate of drug-likeness (QED) is 0.726. The Morgan fingerprint density at radius 2 is 1.71 bits per heavy atom. The second-order valence-corrected chi connectivity index (χ2v) is 6.75. The third-order valence-electron chi connectivity index (χ3n) is 4.95. The van der Waals surface area contributed by atoms with Crippen LogP contribution in [-0.2, 0) is 22.4 Å². The molecule has 0 atom stereocenters. The number of nitrogens with one attached hydrogen (secondary N) is 1. The number of carbonyl (C=O) groups is 1. The van der Waals surface area contributed by atoms with Crippen LogP contribution in [0.15, 0.2) is 24.3 Å². The molecule has 8 nitrogen and oxygen atoms in total. The zero-order chi connectivity index (χ0) is 19.9. The number of hydrogen-bond acceptors (Lipinski definition) is 8. The van der Waals surface area contributed by atoms with Gasteiger partial charge in [-0.05, 0) is 37.1 Å². The zero-order valence-corrected chi connectivity index (χ0v) is 16.8. The Balaban J connectivity index is 1.58. The Morgan fingerprint density at radius 1 is 1.04 bits per heavy atom. The minimum Gasteiger partial charge on any atom is -0.468 e. The van der Waals surface area contributed by atoms with Crippen LogP contribution in [0.4, 0.5) is 17.3 Å². The molecule has 8 heteroatoms. The van der Waals surface area contributed by atoms with E-state index in [2.05, 4.69) is 56.3 Å². The van der Waals surface area contributed by atoms with E-state index in [1.807, 2.05) is 12.1 Å². The highest BCUT2D eigenvalue weighted by Gasteiger charge is 2.19. The second kappa shape index (κ2) is 9.45. The molecule has 0 radical (unpaired) electrons. The van der Waals surface area contributed by atoms with Crippen molar-refractivity contribution in [1.29, 1.82) is 0 Å². The first kappa shape index (κ1) is 20.0. The van der Waals surface area contributed by atoms with E-state index in [0.29, 0.717) is 12.5 Å². The van der Waals surface area contributed by atoms with Gasteiger partial charge < -0.3 is 15.0 Å². The predicted molar refractivity (Wildman–Crippen MR) is 109 cm³/mol. The topological polar surface area (TPSA) is 83.5 Å². The number of esters is 1. The summed E-state index contributed by atoms with van der Waals surface area (Å²) in [5, 5.41) is 11.7. The molecule has 3 rings (SSSR count). The Hall–Kier alpha value is -2.74. The summed E-state index contributed by atoms with van der Waals surface area (Å²) in [6.45, 7) is 7.96. The van der Waals surface area contributed by atoms with Crippen molar-refractivity contribution in [3.05, 3.63) is 35.7 Å². The van der Waals surface area contributed by atoms with Gasteiger partial charge in [0.05, 0.1) is 25.0 Å². The van der Waals surface area contributed by atoms with Crippen molar-refractivity contribution in [3.8, 4) is 0 Å². The van der Waals surface area contributed by atoms with Crippen molar-refractivity contribution in [2.45, 2.75) is 26.7 Å². The molecule has 1 fully saturated rings. The van der Waals surface area contributed by atoms with Gasteiger partial charge in [-0.25, -0.2) is 4.98 Å². The predicted octanol–water partition coefficient (Wildman–Crippen LogP) is 2.03. The van der Waals surface area contributed by atoms with Crippen LogP contribution in [-0.4, -0.2) is 65.9 Å². The molecule has 0 bridgehead atoms. The van der Waals surface area contributed by atoms with Crippen LogP contribution in [0.25, 0.3) is 0 Å². The molecule has 1 saturated heterocycles. The molecule has 28 heavy (non-hydrogen) atoms. The van der Waals surface area contributed by atoms with Crippen molar-refractivity contribution < 1.29 is 9.53 Å². The van der Waals surface area contributed by atoms with Gasteiger partial charge in [-0.15, -0.1) is 10.2 Å². The molecule has 0 aliphatic carbocycles. The van der Waals surface area contributed by atoms with Gasteiger partial charge in [0.15, 0.2) is 0 Å². The average Bonchev–Trinajstić information content (AvgIpc) is 2.74. The lowest BCUT2D eigenvalue weighted by molar-refractivity contribution is -0.142. The van der Waals surface area contributed by atoms with Gasteiger partial charge in [-0.2, -0.15) is 0 Å². The van der Waals surface area contributed by atoms with Crippen LogP contribution >= 0.6 is 0 Å². The maximum Gasteiger partial charge on any atom is 0.319 e. The van der Waals surface area contributed by atoms with Crippen molar-refractivity contribution in [1.82, 2.24) is 20.1 Å². The number of aromatic nitrogens is 3. The van der Waals surface area contributed by atoms with E-state index in [9.17, 15) is 4.79 Å². The number of nitrogens with zero attached hydrogens (tertiary/aromatic N) is 5. The fourth-order valence-electron chi connectivity index (χ4n) is 3.29. The Kier molecular flexibility index (Phi) is 6.76. The summed E-state index contributed by atoms with van der Waals surface area (Å²) in [6.07, 6.45) is 1.68. The first-order chi connectivity index (χ1) is 13.6. The molecule has 150 valence electrons. The third-order valence-corrected chi connectivity index (χ3v) is 4.95. The average molecular weight is 384 g/mol. The molecule has 0 spiro atoms. The van der Waals surface area contributed by atoms with Gasteiger partial charge in [0.2, 0.25) is 5.95 Å². The normalized spacial score (nSPS) is 14.8. The van der Waals surface area contributed by atoms with Gasteiger partial charge in [0.25, 0.3) is 0 Å². The number of piperazine rings is 1. The highest BCUT2D eigenvalue weighted by molar-refractivity contribution is 5.71. The number of benzene rings is 1. The molecule has 1 aliphatic rings. The maximum absolute atomic E-state index is 11.4. The molecule has 0 amide bonds. The molecule has 2 aromatic rings. The van der Waals surface area contributed by atoms with Crippen LogP contribution in [0.3, 0.4) is 0 Å².